The predicted octanol–water partition coefficient (Wildman–Crippen LogP) is 2.82. The normalized spacial score (nSPS) is 12.9. The maximum Gasteiger partial charge on any atom is 0.0897 e. The topological polar surface area (TPSA) is 50.9 Å². The summed E-state index contributed by atoms with van der Waals surface area (Å²) in [6.45, 7) is 4.20. The van der Waals surface area contributed by atoms with E-state index in [0.29, 0.717) is 0 Å². The van der Waals surface area contributed by atoms with E-state index in [1.807, 2.05) is 18.3 Å². The minimum absolute atomic E-state index is 0.168. The third kappa shape index (κ3) is 3.13. The molecule has 3 nitrogen and oxygen atoms in total. The van der Waals surface area contributed by atoms with E-state index in [0.717, 1.165) is 23.5 Å². The third-order valence-corrected chi connectivity index (χ3v) is 4.82. The molecule has 2 aromatic heterocycles. The Morgan fingerprint density at radius 2 is 2.29 bits per heavy atom. The summed E-state index contributed by atoms with van der Waals surface area (Å²) in [5.41, 5.74) is 4.00. The summed E-state index contributed by atoms with van der Waals surface area (Å²) in [5.74, 6) is 5.64. The second-order valence-electron chi connectivity index (χ2n) is 3.94. The molecule has 5 heteroatoms. The number of thiazole rings is 1. The van der Waals surface area contributed by atoms with Gasteiger partial charge in [0.2, 0.25) is 0 Å². The zero-order valence-corrected chi connectivity index (χ0v) is 11.7. The highest BCUT2D eigenvalue weighted by atomic mass is 32.1. The predicted molar refractivity (Wildman–Crippen MR) is 74.3 cm³/mol. The lowest BCUT2D eigenvalue weighted by atomic mass is 10.1. The van der Waals surface area contributed by atoms with Crippen LogP contribution in [0.5, 0.6) is 0 Å². The molecule has 0 amide bonds. The number of nitrogens with two attached hydrogens (primary N) is 1. The van der Waals surface area contributed by atoms with Gasteiger partial charge in [-0.2, -0.15) is 0 Å². The van der Waals surface area contributed by atoms with Crippen molar-refractivity contribution in [2.75, 3.05) is 0 Å². The van der Waals surface area contributed by atoms with Crippen LogP contribution in [-0.2, 0) is 12.8 Å². The third-order valence-electron chi connectivity index (χ3n) is 2.66. The molecule has 2 heterocycles. The van der Waals surface area contributed by atoms with E-state index in [2.05, 4.69) is 34.8 Å². The first-order valence-electron chi connectivity index (χ1n) is 5.68. The summed E-state index contributed by atoms with van der Waals surface area (Å²) in [6, 6.07) is 4.51. The van der Waals surface area contributed by atoms with Crippen molar-refractivity contribution < 1.29 is 0 Å². The second kappa shape index (κ2) is 5.73. The molecule has 2 rings (SSSR count). The molecule has 0 aliphatic carbocycles. The molecule has 0 fully saturated rings. The Balaban J connectivity index is 2.10. The van der Waals surface area contributed by atoms with Crippen molar-refractivity contribution in [3.8, 4) is 0 Å². The SMILES string of the molecule is CCc1ccc(C(Cc2csc(C)n2)NN)s1. The molecule has 0 saturated carbocycles. The largest absolute Gasteiger partial charge is 0.271 e. The molecule has 2 aromatic rings. The molecule has 0 spiro atoms. The Kier molecular flexibility index (Phi) is 4.28. The second-order valence-corrected chi connectivity index (χ2v) is 6.20. The van der Waals surface area contributed by atoms with Crippen LogP contribution >= 0.6 is 22.7 Å². The number of aryl methyl sites for hydroxylation is 2. The first-order chi connectivity index (χ1) is 8.22. The van der Waals surface area contributed by atoms with Gasteiger partial charge in [-0.3, -0.25) is 11.3 Å². The van der Waals surface area contributed by atoms with Gasteiger partial charge in [0.05, 0.1) is 16.7 Å². The van der Waals surface area contributed by atoms with Crippen LogP contribution in [0.2, 0.25) is 0 Å². The quantitative estimate of drug-likeness (QED) is 0.647. The van der Waals surface area contributed by atoms with E-state index in [-0.39, 0.29) is 6.04 Å². The number of hydrogen-bond acceptors (Lipinski definition) is 5. The van der Waals surface area contributed by atoms with Crippen LogP contribution in [0, 0.1) is 6.92 Å². The monoisotopic (exact) mass is 267 g/mol. The molecular weight excluding hydrogens is 250 g/mol. The van der Waals surface area contributed by atoms with E-state index in [9.17, 15) is 0 Å². The van der Waals surface area contributed by atoms with Gasteiger partial charge in [0.1, 0.15) is 0 Å². The van der Waals surface area contributed by atoms with Crippen LogP contribution in [-0.4, -0.2) is 4.98 Å². The Labute approximate surface area is 110 Å². The van der Waals surface area contributed by atoms with Crippen LogP contribution < -0.4 is 11.3 Å². The fraction of sp³-hybridized carbons (Fsp3) is 0.417. The van der Waals surface area contributed by atoms with Gasteiger partial charge in [-0.15, -0.1) is 22.7 Å². The Morgan fingerprint density at radius 3 is 2.82 bits per heavy atom. The van der Waals surface area contributed by atoms with Crippen molar-refractivity contribution in [2.45, 2.75) is 32.7 Å². The molecule has 3 N–H and O–H groups in total. The molecule has 0 radical (unpaired) electrons. The molecule has 0 bridgehead atoms. The summed E-state index contributed by atoms with van der Waals surface area (Å²) in [5, 5.41) is 3.21. The minimum atomic E-state index is 0.168. The number of nitrogens with zero attached hydrogens (tertiary/aromatic N) is 1. The summed E-state index contributed by atoms with van der Waals surface area (Å²) < 4.78 is 0. The van der Waals surface area contributed by atoms with E-state index < -0.39 is 0 Å². The summed E-state index contributed by atoms with van der Waals surface area (Å²) in [4.78, 5) is 7.16. The van der Waals surface area contributed by atoms with Gasteiger partial charge in [-0.25, -0.2) is 4.98 Å². The number of thiophene rings is 1. The maximum atomic E-state index is 5.64. The van der Waals surface area contributed by atoms with Crippen molar-refractivity contribution >= 4 is 22.7 Å². The molecule has 1 unspecified atom stereocenters. The van der Waals surface area contributed by atoms with Crippen molar-refractivity contribution in [3.63, 3.8) is 0 Å². The molecule has 0 saturated heterocycles. The van der Waals surface area contributed by atoms with Crippen molar-refractivity contribution in [1.29, 1.82) is 0 Å². The average Bonchev–Trinajstić information content (AvgIpc) is 2.94. The molecule has 0 aliphatic rings. The molecule has 0 aromatic carbocycles. The highest BCUT2D eigenvalue weighted by molar-refractivity contribution is 7.12. The Hall–Kier alpha value is -0.750. The molecule has 17 heavy (non-hydrogen) atoms. The molecule has 1 atom stereocenters. The maximum absolute atomic E-state index is 5.64. The van der Waals surface area contributed by atoms with Gasteiger partial charge in [0, 0.05) is 21.6 Å². The summed E-state index contributed by atoms with van der Waals surface area (Å²) in [6.07, 6.45) is 1.93. The van der Waals surface area contributed by atoms with Gasteiger partial charge in [0.25, 0.3) is 0 Å². The van der Waals surface area contributed by atoms with Crippen LogP contribution in [0.1, 0.15) is 33.4 Å². The van der Waals surface area contributed by atoms with Crippen LogP contribution in [0.4, 0.5) is 0 Å². The summed E-state index contributed by atoms with van der Waals surface area (Å²) >= 11 is 3.51. The van der Waals surface area contributed by atoms with Gasteiger partial charge in [-0.1, -0.05) is 6.92 Å². The zero-order valence-electron chi connectivity index (χ0n) is 10.1. The zero-order chi connectivity index (χ0) is 12.3. The smallest absolute Gasteiger partial charge is 0.0897 e. The highest BCUT2D eigenvalue weighted by Gasteiger charge is 2.14. The molecular formula is C12H17N3S2. The number of aromatic nitrogens is 1. The van der Waals surface area contributed by atoms with E-state index in [1.54, 1.807) is 11.3 Å². The number of rotatable bonds is 5. The number of hydrogen-bond donors (Lipinski definition) is 2. The lowest BCUT2D eigenvalue weighted by molar-refractivity contribution is 0.555. The average molecular weight is 267 g/mol. The fourth-order valence-electron chi connectivity index (χ4n) is 1.72. The highest BCUT2D eigenvalue weighted by Crippen LogP contribution is 2.26. The summed E-state index contributed by atoms with van der Waals surface area (Å²) in [7, 11) is 0. The standard InChI is InChI=1S/C12H17N3S2/c1-3-10-4-5-12(17-10)11(15-13)6-9-7-16-8(2)14-9/h4-5,7,11,15H,3,6,13H2,1-2H3. The Morgan fingerprint density at radius 1 is 1.47 bits per heavy atom. The minimum Gasteiger partial charge on any atom is -0.271 e. The number of hydrazine groups is 1. The van der Waals surface area contributed by atoms with Crippen LogP contribution in [0.15, 0.2) is 17.5 Å². The molecule has 0 aliphatic heterocycles. The first kappa shape index (κ1) is 12.7. The molecule has 92 valence electrons. The van der Waals surface area contributed by atoms with Crippen molar-refractivity contribution in [2.24, 2.45) is 5.84 Å². The van der Waals surface area contributed by atoms with Gasteiger partial charge in [-0.05, 0) is 25.5 Å². The van der Waals surface area contributed by atoms with Crippen LogP contribution in [0.25, 0.3) is 0 Å². The number of nitrogens with one attached hydrogen (secondary N) is 1. The van der Waals surface area contributed by atoms with Gasteiger partial charge in [0.15, 0.2) is 0 Å². The van der Waals surface area contributed by atoms with Crippen molar-refractivity contribution in [3.05, 3.63) is 38.0 Å². The van der Waals surface area contributed by atoms with Crippen molar-refractivity contribution in [1.82, 2.24) is 10.4 Å². The first-order valence-corrected chi connectivity index (χ1v) is 7.38. The van der Waals surface area contributed by atoms with E-state index >= 15 is 0 Å². The van der Waals surface area contributed by atoms with Crippen LogP contribution in [0.3, 0.4) is 0 Å². The van der Waals surface area contributed by atoms with E-state index in [1.165, 1.54) is 9.75 Å². The van der Waals surface area contributed by atoms with Gasteiger partial charge < -0.3 is 0 Å². The fourth-order valence-corrected chi connectivity index (χ4v) is 3.36. The van der Waals surface area contributed by atoms with E-state index in [4.69, 9.17) is 5.84 Å². The lowest BCUT2D eigenvalue weighted by Crippen LogP contribution is -2.29. The Bertz CT molecular complexity index is 476. The lowest BCUT2D eigenvalue weighted by Gasteiger charge is -2.12. The van der Waals surface area contributed by atoms with Gasteiger partial charge >= 0.3 is 0 Å².